The molecular formula is C17H16F2N4. The molecule has 2 heterocycles. The molecule has 4 nitrogen and oxygen atoms in total. The molecule has 0 radical (unpaired) electrons. The number of aryl methyl sites for hydroxylation is 1. The smallest absolute Gasteiger partial charge is 0.159 e. The van der Waals surface area contributed by atoms with Crippen LogP contribution in [0.1, 0.15) is 17.0 Å². The van der Waals surface area contributed by atoms with Crippen molar-refractivity contribution < 1.29 is 8.78 Å². The van der Waals surface area contributed by atoms with Gasteiger partial charge in [-0.2, -0.15) is 0 Å². The Morgan fingerprint density at radius 1 is 1.00 bits per heavy atom. The quantitative estimate of drug-likeness (QED) is 0.787. The number of pyridine rings is 1. The first kappa shape index (κ1) is 15.3. The van der Waals surface area contributed by atoms with Crippen LogP contribution < -0.4 is 5.32 Å². The molecule has 6 heteroatoms. The van der Waals surface area contributed by atoms with Gasteiger partial charge in [0, 0.05) is 31.7 Å². The van der Waals surface area contributed by atoms with Gasteiger partial charge in [-0.1, -0.05) is 12.1 Å². The van der Waals surface area contributed by atoms with Crippen molar-refractivity contribution in [1.82, 2.24) is 19.9 Å². The molecule has 0 aliphatic carbocycles. The van der Waals surface area contributed by atoms with Crippen LogP contribution in [0.15, 0.2) is 48.9 Å². The highest BCUT2D eigenvalue weighted by Crippen LogP contribution is 2.10. The van der Waals surface area contributed by atoms with Crippen LogP contribution in [-0.4, -0.2) is 14.5 Å². The van der Waals surface area contributed by atoms with Gasteiger partial charge in [0.05, 0.1) is 0 Å². The van der Waals surface area contributed by atoms with Gasteiger partial charge in [0.25, 0.3) is 0 Å². The Kier molecular flexibility index (Phi) is 4.43. The summed E-state index contributed by atoms with van der Waals surface area (Å²) in [6, 6.07) is 7.79. The van der Waals surface area contributed by atoms with Crippen LogP contribution >= 0.6 is 0 Å². The predicted octanol–water partition coefficient (Wildman–Crippen LogP) is 3.14. The van der Waals surface area contributed by atoms with Gasteiger partial charge in [-0.15, -0.1) is 0 Å². The molecule has 23 heavy (non-hydrogen) atoms. The summed E-state index contributed by atoms with van der Waals surface area (Å²) in [7, 11) is 0. The maximum Gasteiger partial charge on any atom is 0.159 e. The molecule has 0 saturated carbocycles. The molecule has 0 unspecified atom stereocenters. The van der Waals surface area contributed by atoms with Gasteiger partial charge in [0.2, 0.25) is 0 Å². The summed E-state index contributed by atoms with van der Waals surface area (Å²) in [4.78, 5) is 8.57. The van der Waals surface area contributed by atoms with E-state index in [1.165, 1.54) is 6.07 Å². The lowest BCUT2D eigenvalue weighted by Crippen LogP contribution is -2.13. The standard InChI is InChI=1S/C17H16F2N4/c1-12-21-6-7-23(12)17-5-3-14(11-22-17)10-20-9-13-2-4-15(18)16(19)8-13/h2-8,11,20H,9-10H2,1H3. The van der Waals surface area contributed by atoms with Crippen LogP contribution in [0.5, 0.6) is 0 Å². The minimum absolute atomic E-state index is 0.458. The lowest BCUT2D eigenvalue weighted by molar-refractivity contribution is 0.506. The Labute approximate surface area is 132 Å². The predicted molar refractivity (Wildman–Crippen MR) is 83.0 cm³/mol. The lowest BCUT2D eigenvalue weighted by atomic mass is 10.2. The molecule has 0 aliphatic rings. The van der Waals surface area contributed by atoms with Crippen LogP contribution in [0.25, 0.3) is 5.82 Å². The molecule has 0 spiro atoms. The number of rotatable bonds is 5. The number of hydrogen-bond acceptors (Lipinski definition) is 3. The van der Waals surface area contributed by atoms with Gasteiger partial charge < -0.3 is 5.32 Å². The fourth-order valence-electron chi connectivity index (χ4n) is 2.28. The summed E-state index contributed by atoms with van der Waals surface area (Å²) in [5, 5.41) is 3.18. The molecule has 1 N–H and O–H groups in total. The number of halogens is 2. The average Bonchev–Trinajstić information content (AvgIpc) is 2.98. The number of imidazole rings is 1. The second kappa shape index (κ2) is 6.66. The van der Waals surface area contributed by atoms with E-state index in [2.05, 4.69) is 15.3 Å². The molecule has 0 bridgehead atoms. The van der Waals surface area contributed by atoms with Crippen molar-refractivity contribution in [3.8, 4) is 5.82 Å². The highest BCUT2D eigenvalue weighted by atomic mass is 19.2. The van der Waals surface area contributed by atoms with Gasteiger partial charge >= 0.3 is 0 Å². The highest BCUT2D eigenvalue weighted by Gasteiger charge is 2.04. The van der Waals surface area contributed by atoms with E-state index in [0.717, 1.165) is 23.3 Å². The molecule has 0 atom stereocenters. The second-order valence-electron chi connectivity index (χ2n) is 5.22. The third-order valence-corrected chi connectivity index (χ3v) is 3.52. The summed E-state index contributed by atoms with van der Waals surface area (Å²) < 4.78 is 27.9. The minimum atomic E-state index is -0.830. The van der Waals surface area contributed by atoms with Crippen molar-refractivity contribution in [1.29, 1.82) is 0 Å². The van der Waals surface area contributed by atoms with Crippen molar-refractivity contribution >= 4 is 0 Å². The van der Waals surface area contributed by atoms with E-state index in [0.29, 0.717) is 18.7 Å². The third-order valence-electron chi connectivity index (χ3n) is 3.52. The van der Waals surface area contributed by atoms with Crippen LogP contribution in [0.4, 0.5) is 8.78 Å². The van der Waals surface area contributed by atoms with Crippen molar-refractivity contribution in [2.24, 2.45) is 0 Å². The van der Waals surface area contributed by atoms with E-state index in [1.807, 2.05) is 29.8 Å². The lowest BCUT2D eigenvalue weighted by Gasteiger charge is -2.07. The molecule has 3 rings (SSSR count). The fraction of sp³-hybridized carbons (Fsp3) is 0.176. The van der Waals surface area contributed by atoms with Crippen molar-refractivity contribution in [2.45, 2.75) is 20.0 Å². The van der Waals surface area contributed by atoms with Gasteiger partial charge in [-0.3, -0.25) is 4.57 Å². The van der Waals surface area contributed by atoms with E-state index in [-0.39, 0.29) is 0 Å². The Hall–Kier alpha value is -2.60. The number of hydrogen-bond donors (Lipinski definition) is 1. The SMILES string of the molecule is Cc1nccn1-c1ccc(CNCc2ccc(F)c(F)c2)cn1. The Morgan fingerprint density at radius 3 is 2.43 bits per heavy atom. The van der Waals surface area contributed by atoms with E-state index in [9.17, 15) is 8.78 Å². The molecule has 0 amide bonds. The topological polar surface area (TPSA) is 42.7 Å². The molecule has 2 aromatic heterocycles. The molecule has 0 aliphatic heterocycles. The molecule has 1 aromatic carbocycles. The molecule has 0 fully saturated rings. The Morgan fingerprint density at radius 2 is 1.78 bits per heavy atom. The molecule has 118 valence electrons. The number of nitrogens with zero attached hydrogens (tertiary/aromatic N) is 3. The number of benzene rings is 1. The summed E-state index contributed by atoms with van der Waals surface area (Å²) in [5.41, 5.74) is 1.71. The first-order valence-electron chi connectivity index (χ1n) is 7.23. The van der Waals surface area contributed by atoms with Crippen LogP contribution in [-0.2, 0) is 13.1 Å². The summed E-state index contributed by atoms with van der Waals surface area (Å²) >= 11 is 0. The highest BCUT2D eigenvalue weighted by molar-refractivity contribution is 5.27. The van der Waals surface area contributed by atoms with Gasteiger partial charge in [-0.25, -0.2) is 18.7 Å². The maximum atomic E-state index is 13.1. The van der Waals surface area contributed by atoms with E-state index in [1.54, 1.807) is 18.5 Å². The van der Waals surface area contributed by atoms with E-state index in [4.69, 9.17) is 0 Å². The monoisotopic (exact) mass is 314 g/mol. The number of nitrogens with one attached hydrogen (secondary N) is 1. The van der Waals surface area contributed by atoms with Crippen LogP contribution in [0.2, 0.25) is 0 Å². The van der Waals surface area contributed by atoms with Crippen molar-refractivity contribution in [2.75, 3.05) is 0 Å². The molecule has 0 saturated heterocycles. The Balaban J connectivity index is 1.58. The maximum absolute atomic E-state index is 13.1. The van der Waals surface area contributed by atoms with E-state index < -0.39 is 11.6 Å². The van der Waals surface area contributed by atoms with Crippen molar-refractivity contribution in [3.05, 3.63) is 77.5 Å². The summed E-state index contributed by atoms with van der Waals surface area (Å²) in [6.45, 7) is 2.97. The van der Waals surface area contributed by atoms with Crippen molar-refractivity contribution in [3.63, 3.8) is 0 Å². The van der Waals surface area contributed by atoms with Crippen LogP contribution in [0.3, 0.4) is 0 Å². The van der Waals surface area contributed by atoms with Gasteiger partial charge in [-0.05, 0) is 36.2 Å². The van der Waals surface area contributed by atoms with E-state index >= 15 is 0 Å². The third kappa shape index (κ3) is 3.60. The zero-order valence-corrected chi connectivity index (χ0v) is 12.6. The van der Waals surface area contributed by atoms with Gasteiger partial charge in [0.15, 0.2) is 11.6 Å². The fourth-order valence-corrected chi connectivity index (χ4v) is 2.28. The first-order chi connectivity index (χ1) is 11.1. The Bertz CT molecular complexity index is 797. The largest absolute Gasteiger partial charge is 0.309 e. The van der Waals surface area contributed by atoms with Gasteiger partial charge in [0.1, 0.15) is 11.6 Å². The van der Waals surface area contributed by atoms with Crippen LogP contribution in [0, 0.1) is 18.6 Å². The second-order valence-corrected chi connectivity index (χ2v) is 5.22. The molecule has 3 aromatic rings. The summed E-state index contributed by atoms with van der Waals surface area (Å²) in [5.74, 6) is 0.0282. The average molecular weight is 314 g/mol. The minimum Gasteiger partial charge on any atom is -0.309 e. The first-order valence-corrected chi connectivity index (χ1v) is 7.23. The molecular weight excluding hydrogens is 298 g/mol. The zero-order chi connectivity index (χ0) is 16.2. The number of aromatic nitrogens is 3. The zero-order valence-electron chi connectivity index (χ0n) is 12.6. The summed E-state index contributed by atoms with van der Waals surface area (Å²) in [6.07, 6.45) is 5.37. The normalized spacial score (nSPS) is 10.9.